The van der Waals surface area contributed by atoms with Gasteiger partial charge in [-0.05, 0) is 31.0 Å². The zero-order chi connectivity index (χ0) is 11.1. The average molecular weight is 204 g/mol. The van der Waals surface area contributed by atoms with Crippen LogP contribution < -0.4 is 4.74 Å². The van der Waals surface area contributed by atoms with Crippen molar-refractivity contribution in [3.8, 4) is 17.6 Å². The molecule has 1 aromatic carbocycles. The van der Waals surface area contributed by atoms with E-state index in [1.165, 1.54) is 0 Å². The van der Waals surface area contributed by atoms with Crippen molar-refractivity contribution < 1.29 is 9.84 Å². The second-order valence-electron chi connectivity index (χ2n) is 3.26. The molecule has 1 rings (SSSR count). The summed E-state index contributed by atoms with van der Waals surface area (Å²) in [5, 5.41) is 9.84. The molecule has 80 valence electrons. The van der Waals surface area contributed by atoms with E-state index in [1.807, 2.05) is 24.3 Å². The predicted octanol–water partition coefficient (Wildman–Crippen LogP) is 2.53. The van der Waals surface area contributed by atoms with Gasteiger partial charge in [-0.3, -0.25) is 0 Å². The fraction of sp³-hybridized carbons (Fsp3) is 0.385. The van der Waals surface area contributed by atoms with Crippen molar-refractivity contribution in [3.63, 3.8) is 0 Å². The zero-order valence-electron chi connectivity index (χ0n) is 9.16. The third-order valence-corrected chi connectivity index (χ3v) is 2.20. The van der Waals surface area contributed by atoms with Gasteiger partial charge < -0.3 is 9.84 Å². The first-order valence-corrected chi connectivity index (χ1v) is 4.99. The van der Waals surface area contributed by atoms with E-state index in [1.54, 1.807) is 14.0 Å². The minimum absolute atomic E-state index is 0.457. The molecule has 0 aromatic heterocycles. The van der Waals surface area contributed by atoms with Crippen molar-refractivity contribution in [3.05, 3.63) is 29.8 Å². The number of hydrogen-bond acceptors (Lipinski definition) is 2. The lowest BCUT2D eigenvalue weighted by atomic mass is 10.0. The van der Waals surface area contributed by atoms with Crippen molar-refractivity contribution in [1.29, 1.82) is 0 Å². The summed E-state index contributed by atoms with van der Waals surface area (Å²) in [5.41, 5.74) is 0.882. The summed E-state index contributed by atoms with van der Waals surface area (Å²) in [7, 11) is 1.62. The average Bonchev–Trinajstić information content (AvgIpc) is 2.29. The maximum atomic E-state index is 9.84. The summed E-state index contributed by atoms with van der Waals surface area (Å²) in [6, 6.07) is 7.49. The van der Waals surface area contributed by atoms with Gasteiger partial charge in [-0.15, -0.1) is 11.8 Å². The minimum Gasteiger partial charge on any atom is -0.497 e. The fourth-order valence-corrected chi connectivity index (χ4v) is 1.35. The SMILES string of the molecule is CC#CCCC(O)c1cccc(OC)c1. The molecule has 0 bridgehead atoms. The normalized spacial score (nSPS) is 11.4. The number of hydrogen-bond donors (Lipinski definition) is 1. The lowest BCUT2D eigenvalue weighted by molar-refractivity contribution is 0.169. The highest BCUT2D eigenvalue weighted by molar-refractivity contribution is 5.29. The van der Waals surface area contributed by atoms with Gasteiger partial charge >= 0.3 is 0 Å². The third kappa shape index (κ3) is 3.65. The van der Waals surface area contributed by atoms with Crippen molar-refractivity contribution >= 4 is 0 Å². The lowest BCUT2D eigenvalue weighted by Crippen LogP contribution is -1.97. The number of ether oxygens (including phenoxy) is 1. The summed E-state index contributed by atoms with van der Waals surface area (Å²) < 4.78 is 5.09. The maximum Gasteiger partial charge on any atom is 0.119 e. The van der Waals surface area contributed by atoms with Gasteiger partial charge in [0, 0.05) is 6.42 Å². The Kier molecular flexibility index (Phi) is 4.73. The molecule has 0 aliphatic carbocycles. The molecule has 2 nitrogen and oxygen atoms in total. The molecule has 0 saturated carbocycles. The Hall–Kier alpha value is -1.46. The molecule has 0 heterocycles. The summed E-state index contributed by atoms with van der Waals surface area (Å²) in [6.45, 7) is 1.80. The van der Waals surface area contributed by atoms with Crippen LogP contribution in [0.1, 0.15) is 31.4 Å². The number of aliphatic hydroxyl groups excluding tert-OH is 1. The number of methoxy groups -OCH3 is 1. The van der Waals surface area contributed by atoms with Crippen molar-refractivity contribution in [1.82, 2.24) is 0 Å². The Bertz CT molecular complexity index is 360. The highest BCUT2D eigenvalue weighted by atomic mass is 16.5. The summed E-state index contributed by atoms with van der Waals surface area (Å²) in [4.78, 5) is 0. The Balaban J connectivity index is 2.62. The van der Waals surface area contributed by atoms with Crippen LogP contribution in [0.5, 0.6) is 5.75 Å². The summed E-state index contributed by atoms with van der Waals surface area (Å²) in [6.07, 6.45) is 0.920. The van der Waals surface area contributed by atoms with Gasteiger partial charge in [-0.25, -0.2) is 0 Å². The minimum atomic E-state index is -0.457. The molecule has 0 aliphatic rings. The van der Waals surface area contributed by atoms with E-state index >= 15 is 0 Å². The number of rotatable bonds is 4. The van der Waals surface area contributed by atoms with E-state index in [4.69, 9.17) is 4.74 Å². The smallest absolute Gasteiger partial charge is 0.119 e. The van der Waals surface area contributed by atoms with Crippen molar-refractivity contribution in [2.75, 3.05) is 7.11 Å². The molecular weight excluding hydrogens is 188 g/mol. The molecule has 1 N–H and O–H groups in total. The van der Waals surface area contributed by atoms with Gasteiger partial charge in [0.25, 0.3) is 0 Å². The van der Waals surface area contributed by atoms with Crippen LogP contribution in [-0.2, 0) is 0 Å². The van der Waals surface area contributed by atoms with Gasteiger partial charge in [-0.1, -0.05) is 12.1 Å². The van der Waals surface area contributed by atoms with Crippen LogP contribution in [0.2, 0.25) is 0 Å². The Morgan fingerprint density at radius 2 is 2.27 bits per heavy atom. The second kappa shape index (κ2) is 6.10. The topological polar surface area (TPSA) is 29.5 Å². The van der Waals surface area contributed by atoms with Crippen LogP contribution in [0.4, 0.5) is 0 Å². The van der Waals surface area contributed by atoms with Crippen LogP contribution in [0.3, 0.4) is 0 Å². The first-order valence-electron chi connectivity index (χ1n) is 4.99. The van der Waals surface area contributed by atoms with Crippen molar-refractivity contribution in [2.24, 2.45) is 0 Å². The predicted molar refractivity (Wildman–Crippen MR) is 60.6 cm³/mol. The van der Waals surface area contributed by atoms with E-state index in [0.717, 1.165) is 17.7 Å². The highest BCUT2D eigenvalue weighted by Crippen LogP contribution is 2.22. The molecular formula is C13H16O2. The molecule has 0 amide bonds. The summed E-state index contributed by atoms with van der Waals surface area (Å²) in [5.74, 6) is 6.52. The molecule has 15 heavy (non-hydrogen) atoms. The molecule has 1 unspecified atom stereocenters. The Labute approximate surface area is 90.9 Å². The highest BCUT2D eigenvalue weighted by Gasteiger charge is 2.06. The fourth-order valence-electron chi connectivity index (χ4n) is 1.35. The molecule has 0 radical (unpaired) electrons. The van der Waals surface area contributed by atoms with Crippen LogP contribution in [0.25, 0.3) is 0 Å². The van der Waals surface area contributed by atoms with Crippen LogP contribution in [0.15, 0.2) is 24.3 Å². The largest absolute Gasteiger partial charge is 0.497 e. The molecule has 0 fully saturated rings. The van der Waals surface area contributed by atoms with Gasteiger partial charge in [0.15, 0.2) is 0 Å². The maximum absolute atomic E-state index is 9.84. The lowest BCUT2D eigenvalue weighted by Gasteiger charge is -2.10. The monoisotopic (exact) mass is 204 g/mol. The second-order valence-corrected chi connectivity index (χ2v) is 3.26. The molecule has 0 saturated heterocycles. The molecule has 0 aliphatic heterocycles. The molecule has 1 aromatic rings. The first-order chi connectivity index (χ1) is 7.27. The Morgan fingerprint density at radius 1 is 1.47 bits per heavy atom. The number of aliphatic hydroxyl groups is 1. The third-order valence-electron chi connectivity index (χ3n) is 2.20. The van der Waals surface area contributed by atoms with Gasteiger partial charge in [-0.2, -0.15) is 0 Å². The summed E-state index contributed by atoms with van der Waals surface area (Å²) >= 11 is 0. The molecule has 1 atom stereocenters. The van der Waals surface area contributed by atoms with Gasteiger partial charge in [0.05, 0.1) is 13.2 Å². The van der Waals surface area contributed by atoms with Crippen LogP contribution in [-0.4, -0.2) is 12.2 Å². The standard InChI is InChI=1S/C13H16O2/c1-3-4-5-9-13(14)11-7-6-8-12(10-11)15-2/h6-8,10,13-14H,5,9H2,1-2H3. The van der Waals surface area contributed by atoms with E-state index in [9.17, 15) is 5.11 Å². The quantitative estimate of drug-likeness (QED) is 0.764. The first kappa shape index (κ1) is 11.6. The van der Waals surface area contributed by atoms with Crippen molar-refractivity contribution in [2.45, 2.75) is 25.9 Å². The Morgan fingerprint density at radius 3 is 2.93 bits per heavy atom. The van der Waals surface area contributed by atoms with E-state index in [-0.39, 0.29) is 0 Å². The number of benzene rings is 1. The molecule has 0 spiro atoms. The van der Waals surface area contributed by atoms with Gasteiger partial charge in [0.1, 0.15) is 5.75 Å². The van der Waals surface area contributed by atoms with E-state index in [2.05, 4.69) is 11.8 Å². The van der Waals surface area contributed by atoms with E-state index < -0.39 is 6.10 Å². The zero-order valence-corrected chi connectivity index (χ0v) is 9.16. The molecule has 2 heteroatoms. The van der Waals surface area contributed by atoms with Crippen LogP contribution in [0, 0.1) is 11.8 Å². The van der Waals surface area contributed by atoms with Gasteiger partial charge in [0.2, 0.25) is 0 Å². The van der Waals surface area contributed by atoms with Crippen LogP contribution >= 0.6 is 0 Å². The van der Waals surface area contributed by atoms with E-state index in [0.29, 0.717) is 6.42 Å².